The molecular weight excluding hydrogens is 350 g/mol. The highest BCUT2D eigenvalue weighted by Crippen LogP contribution is 2.23. The van der Waals surface area contributed by atoms with Crippen LogP contribution >= 0.6 is 15.9 Å². The highest BCUT2D eigenvalue weighted by atomic mass is 79.9. The Balaban J connectivity index is 2.38. The highest BCUT2D eigenvalue weighted by Gasteiger charge is 2.19. The molecule has 1 aromatic carbocycles. The number of nitrogens with zero attached hydrogens (tertiary/aromatic N) is 2. The van der Waals surface area contributed by atoms with E-state index < -0.39 is 16.0 Å². The van der Waals surface area contributed by atoms with Gasteiger partial charge in [-0.2, -0.15) is 13.5 Å². The van der Waals surface area contributed by atoms with Crippen molar-refractivity contribution in [2.45, 2.75) is 5.03 Å². The maximum Gasteiger partial charge on any atom is 0.336 e. The number of rotatable bonds is 4. The summed E-state index contributed by atoms with van der Waals surface area (Å²) in [5.41, 5.74) is 0.127. The van der Waals surface area contributed by atoms with E-state index in [-0.39, 0.29) is 16.3 Å². The number of aromatic carboxylic acids is 1. The number of aryl methyl sites for hydroxylation is 1. The van der Waals surface area contributed by atoms with E-state index >= 15 is 0 Å². The Morgan fingerprint density at radius 2 is 2.10 bits per heavy atom. The maximum absolute atomic E-state index is 12.1. The van der Waals surface area contributed by atoms with E-state index in [0.29, 0.717) is 4.47 Å². The number of anilines is 1. The first-order valence-corrected chi connectivity index (χ1v) is 7.62. The first-order chi connectivity index (χ1) is 9.31. The van der Waals surface area contributed by atoms with E-state index in [1.54, 1.807) is 0 Å². The Hall–Kier alpha value is -1.87. The van der Waals surface area contributed by atoms with Crippen molar-refractivity contribution in [3.8, 4) is 0 Å². The number of benzene rings is 1. The lowest BCUT2D eigenvalue weighted by Crippen LogP contribution is -2.17. The van der Waals surface area contributed by atoms with Gasteiger partial charge < -0.3 is 5.11 Å². The van der Waals surface area contributed by atoms with Crippen LogP contribution in [0.4, 0.5) is 5.69 Å². The molecule has 7 nitrogen and oxygen atoms in total. The molecule has 0 aliphatic heterocycles. The van der Waals surface area contributed by atoms with Crippen LogP contribution in [0.5, 0.6) is 0 Å². The number of aromatic nitrogens is 2. The van der Waals surface area contributed by atoms with E-state index in [9.17, 15) is 13.2 Å². The molecule has 2 rings (SSSR count). The van der Waals surface area contributed by atoms with Crippen LogP contribution in [-0.2, 0) is 17.1 Å². The van der Waals surface area contributed by atoms with Crippen LogP contribution in [0.2, 0.25) is 0 Å². The Labute approximate surface area is 123 Å². The minimum absolute atomic E-state index is 0.0164. The number of halogens is 1. The molecule has 0 fully saturated rings. The van der Waals surface area contributed by atoms with E-state index in [2.05, 4.69) is 25.8 Å². The van der Waals surface area contributed by atoms with E-state index in [0.717, 1.165) is 0 Å². The first kappa shape index (κ1) is 14.5. The average Bonchev–Trinajstić information content (AvgIpc) is 2.78. The third kappa shape index (κ3) is 2.83. The van der Waals surface area contributed by atoms with Gasteiger partial charge in [-0.05, 0) is 40.2 Å². The molecule has 0 aliphatic rings. The Morgan fingerprint density at radius 3 is 2.65 bits per heavy atom. The fourth-order valence-electron chi connectivity index (χ4n) is 1.59. The second-order valence-electron chi connectivity index (χ2n) is 3.90. The van der Waals surface area contributed by atoms with Crippen molar-refractivity contribution in [2.75, 3.05) is 4.72 Å². The molecule has 20 heavy (non-hydrogen) atoms. The summed E-state index contributed by atoms with van der Waals surface area (Å²) in [6, 6.07) is 5.51. The van der Waals surface area contributed by atoms with Crippen molar-refractivity contribution in [3.63, 3.8) is 0 Å². The van der Waals surface area contributed by atoms with Crippen LogP contribution in [0, 0.1) is 0 Å². The smallest absolute Gasteiger partial charge is 0.336 e. The fourth-order valence-corrected chi connectivity index (χ4v) is 3.18. The standard InChI is InChI=1S/C11H10BrN3O4S/c1-15-10(4-5-13-15)20(18,19)14-7-2-3-9(12)8(6-7)11(16)17/h2-6,14H,1H3,(H,16,17). The summed E-state index contributed by atoms with van der Waals surface area (Å²) < 4.78 is 28.1. The van der Waals surface area contributed by atoms with Gasteiger partial charge in [0.2, 0.25) is 0 Å². The predicted molar refractivity (Wildman–Crippen MR) is 75.1 cm³/mol. The third-order valence-electron chi connectivity index (χ3n) is 2.50. The number of hydrogen-bond acceptors (Lipinski definition) is 4. The van der Waals surface area contributed by atoms with Crippen molar-refractivity contribution in [1.29, 1.82) is 0 Å². The zero-order chi connectivity index (χ0) is 14.9. The molecule has 2 N–H and O–H groups in total. The summed E-state index contributed by atoms with van der Waals surface area (Å²) in [6.07, 6.45) is 1.36. The monoisotopic (exact) mass is 359 g/mol. The minimum Gasteiger partial charge on any atom is -0.478 e. The van der Waals surface area contributed by atoms with Crippen LogP contribution in [0.1, 0.15) is 10.4 Å². The SMILES string of the molecule is Cn1nccc1S(=O)(=O)Nc1ccc(Br)c(C(=O)O)c1. The highest BCUT2D eigenvalue weighted by molar-refractivity contribution is 9.10. The number of nitrogens with one attached hydrogen (secondary N) is 1. The molecular formula is C11H10BrN3O4S. The van der Waals surface area contributed by atoms with E-state index in [4.69, 9.17) is 5.11 Å². The third-order valence-corrected chi connectivity index (χ3v) is 4.65. The lowest BCUT2D eigenvalue weighted by Gasteiger charge is -2.09. The number of carboxylic acids is 1. The van der Waals surface area contributed by atoms with Gasteiger partial charge in [0.1, 0.15) is 0 Å². The number of carboxylic acid groups (broad SMARTS) is 1. The van der Waals surface area contributed by atoms with Gasteiger partial charge in [0.15, 0.2) is 5.03 Å². The number of hydrogen-bond donors (Lipinski definition) is 2. The Kier molecular flexibility index (Phi) is 3.82. The molecule has 0 bridgehead atoms. The molecule has 106 valence electrons. The normalized spacial score (nSPS) is 11.3. The first-order valence-electron chi connectivity index (χ1n) is 5.35. The van der Waals surface area contributed by atoms with Gasteiger partial charge in [-0.25, -0.2) is 4.79 Å². The molecule has 1 aromatic heterocycles. The minimum atomic E-state index is -3.81. The molecule has 0 aliphatic carbocycles. The lowest BCUT2D eigenvalue weighted by molar-refractivity contribution is 0.0696. The average molecular weight is 360 g/mol. The summed E-state index contributed by atoms with van der Waals surface area (Å²) in [5, 5.41) is 12.8. The molecule has 2 aromatic rings. The molecule has 0 unspecified atom stereocenters. The van der Waals surface area contributed by atoms with Crippen molar-refractivity contribution >= 4 is 37.6 Å². The second-order valence-corrected chi connectivity index (χ2v) is 6.38. The summed E-state index contributed by atoms with van der Waals surface area (Å²) >= 11 is 3.09. The quantitative estimate of drug-likeness (QED) is 0.864. The van der Waals surface area contributed by atoms with E-state index in [1.165, 1.54) is 42.2 Å². The molecule has 0 atom stereocenters. The summed E-state index contributed by atoms with van der Waals surface area (Å²) in [4.78, 5) is 11.0. The fraction of sp³-hybridized carbons (Fsp3) is 0.0909. The number of carbonyl (C=O) groups is 1. The van der Waals surface area contributed by atoms with Crippen molar-refractivity contribution in [1.82, 2.24) is 9.78 Å². The molecule has 9 heteroatoms. The van der Waals surface area contributed by atoms with Crippen LogP contribution in [-0.4, -0.2) is 29.3 Å². The topological polar surface area (TPSA) is 101 Å². The lowest BCUT2D eigenvalue weighted by atomic mass is 10.2. The molecule has 0 saturated carbocycles. The molecule has 0 saturated heterocycles. The second kappa shape index (κ2) is 5.25. The van der Waals surface area contributed by atoms with Gasteiger partial charge in [0, 0.05) is 17.2 Å². The summed E-state index contributed by atoms with van der Waals surface area (Å²) in [7, 11) is -2.31. The van der Waals surface area contributed by atoms with Crippen LogP contribution in [0.3, 0.4) is 0 Å². The maximum atomic E-state index is 12.1. The zero-order valence-electron chi connectivity index (χ0n) is 10.2. The van der Waals surface area contributed by atoms with Crippen LogP contribution in [0.25, 0.3) is 0 Å². The van der Waals surface area contributed by atoms with E-state index in [1.807, 2.05) is 0 Å². The Morgan fingerprint density at radius 1 is 1.40 bits per heavy atom. The van der Waals surface area contributed by atoms with Gasteiger partial charge in [-0.3, -0.25) is 9.40 Å². The predicted octanol–water partition coefficient (Wildman–Crippen LogP) is 1.68. The largest absolute Gasteiger partial charge is 0.478 e. The van der Waals surface area contributed by atoms with Crippen molar-refractivity contribution < 1.29 is 18.3 Å². The zero-order valence-corrected chi connectivity index (χ0v) is 12.6. The van der Waals surface area contributed by atoms with Gasteiger partial charge in [0.05, 0.1) is 11.8 Å². The van der Waals surface area contributed by atoms with Gasteiger partial charge in [0.25, 0.3) is 10.0 Å². The number of sulfonamides is 1. The molecule has 0 spiro atoms. The van der Waals surface area contributed by atoms with Gasteiger partial charge in [-0.15, -0.1) is 0 Å². The molecule has 0 radical (unpaired) electrons. The summed E-state index contributed by atoms with van der Waals surface area (Å²) in [5.74, 6) is -1.15. The van der Waals surface area contributed by atoms with Gasteiger partial charge >= 0.3 is 5.97 Å². The summed E-state index contributed by atoms with van der Waals surface area (Å²) in [6.45, 7) is 0. The van der Waals surface area contributed by atoms with Crippen molar-refractivity contribution in [2.24, 2.45) is 7.05 Å². The van der Waals surface area contributed by atoms with Gasteiger partial charge in [-0.1, -0.05) is 0 Å². The van der Waals surface area contributed by atoms with Crippen LogP contribution < -0.4 is 4.72 Å². The van der Waals surface area contributed by atoms with Crippen molar-refractivity contribution in [3.05, 3.63) is 40.5 Å². The molecule has 0 amide bonds. The van der Waals surface area contributed by atoms with Crippen LogP contribution in [0.15, 0.2) is 40.0 Å². The molecule has 1 heterocycles. The Bertz CT molecular complexity index is 770.